The number of halogens is 7. The van der Waals surface area contributed by atoms with Crippen molar-refractivity contribution in [2.24, 2.45) is 0 Å². The van der Waals surface area contributed by atoms with Crippen LogP contribution in [0.25, 0.3) is 11.4 Å². The van der Waals surface area contributed by atoms with E-state index in [1.54, 1.807) is 0 Å². The van der Waals surface area contributed by atoms with Gasteiger partial charge in [0.2, 0.25) is 11.7 Å². The molecular weight excluding hydrogens is 488 g/mol. The van der Waals surface area contributed by atoms with Gasteiger partial charge in [-0.15, -0.1) is 12.4 Å². The molecular formula is C22H20ClF6N3O2. The first-order valence-corrected chi connectivity index (χ1v) is 10.2. The lowest BCUT2D eigenvalue weighted by Crippen LogP contribution is -2.28. The van der Waals surface area contributed by atoms with Crippen LogP contribution in [0.15, 0.2) is 47.0 Å². The highest BCUT2D eigenvalue weighted by atomic mass is 35.5. The first kappa shape index (κ1) is 25.8. The molecule has 3 aromatic rings. The van der Waals surface area contributed by atoms with Gasteiger partial charge in [0.1, 0.15) is 12.4 Å². The van der Waals surface area contributed by atoms with Gasteiger partial charge in [0, 0.05) is 12.1 Å². The van der Waals surface area contributed by atoms with Crippen LogP contribution in [-0.2, 0) is 19.0 Å². The third-order valence-electron chi connectivity index (χ3n) is 5.31. The Kier molecular flexibility index (Phi) is 7.77. The Morgan fingerprint density at radius 3 is 2.35 bits per heavy atom. The van der Waals surface area contributed by atoms with Gasteiger partial charge in [-0.2, -0.15) is 31.3 Å². The van der Waals surface area contributed by atoms with Gasteiger partial charge < -0.3 is 14.6 Å². The minimum absolute atomic E-state index is 0. The van der Waals surface area contributed by atoms with Crippen molar-refractivity contribution in [1.29, 1.82) is 0 Å². The quantitative estimate of drug-likeness (QED) is 0.414. The predicted octanol–water partition coefficient (Wildman–Crippen LogP) is 6.24. The second kappa shape index (κ2) is 10.2. The van der Waals surface area contributed by atoms with Crippen molar-refractivity contribution in [3.05, 3.63) is 65.0 Å². The monoisotopic (exact) mass is 507 g/mol. The van der Waals surface area contributed by atoms with E-state index in [0.29, 0.717) is 18.0 Å². The molecule has 2 aromatic carbocycles. The number of ether oxygens (including phenoxy) is 1. The molecule has 1 atom stereocenters. The summed E-state index contributed by atoms with van der Waals surface area (Å²) in [5.41, 5.74) is -1.49. The molecule has 0 aliphatic carbocycles. The third-order valence-corrected chi connectivity index (χ3v) is 5.31. The molecule has 5 nitrogen and oxygen atoms in total. The summed E-state index contributed by atoms with van der Waals surface area (Å²) in [5.74, 6) is -0.0384. The highest BCUT2D eigenvalue weighted by Gasteiger charge is 2.35. The Morgan fingerprint density at radius 1 is 1.00 bits per heavy atom. The molecule has 0 saturated carbocycles. The number of nitrogens with one attached hydrogen (secondary N) is 1. The molecule has 0 unspecified atom stereocenters. The molecule has 0 radical (unpaired) electrons. The zero-order valence-electron chi connectivity index (χ0n) is 17.5. The lowest BCUT2D eigenvalue weighted by Gasteiger charge is -2.18. The van der Waals surface area contributed by atoms with Gasteiger partial charge in [-0.05, 0) is 55.3 Å². The zero-order chi connectivity index (χ0) is 23.6. The molecule has 4 rings (SSSR count). The summed E-state index contributed by atoms with van der Waals surface area (Å²) < 4.78 is 89.6. The molecule has 1 aliphatic rings. The van der Waals surface area contributed by atoms with Crippen LogP contribution in [0.5, 0.6) is 5.75 Å². The second-order valence-corrected chi connectivity index (χ2v) is 7.69. The molecule has 0 bridgehead atoms. The fourth-order valence-electron chi connectivity index (χ4n) is 3.55. The molecule has 12 heteroatoms. The Labute approximate surface area is 196 Å². The molecule has 2 heterocycles. The van der Waals surface area contributed by atoms with E-state index >= 15 is 0 Å². The van der Waals surface area contributed by atoms with Crippen LogP contribution in [0.4, 0.5) is 26.3 Å². The van der Waals surface area contributed by atoms with E-state index in [2.05, 4.69) is 15.5 Å². The summed E-state index contributed by atoms with van der Waals surface area (Å²) in [6.45, 7) is 1.22. The van der Waals surface area contributed by atoms with Crippen molar-refractivity contribution in [3.8, 4) is 17.1 Å². The van der Waals surface area contributed by atoms with Crippen molar-refractivity contribution in [2.75, 3.05) is 13.1 Å². The minimum Gasteiger partial charge on any atom is -0.488 e. The standard InChI is InChI=1S/C22H19F6N3O2.ClH/c23-21(24,25)16-6-3-13(4-7-16)12-32-18-8-5-14(10-17(18)22(26,27)28)19-30-20(33-31-19)15-2-1-9-29-11-15;/h3-8,10,15,29H,1-2,9,11-12H2;1H/t15-;/m1./s1. The lowest BCUT2D eigenvalue weighted by atomic mass is 10.00. The molecule has 0 spiro atoms. The van der Waals surface area contributed by atoms with Crippen LogP contribution in [0.2, 0.25) is 0 Å². The number of nitrogens with zero attached hydrogens (tertiary/aromatic N) is 2. The van der Waals surface area contributed by atoms with E-state index in [1.165, 1.54) is 6.07 Å². The van der Waals surface area contributed by atoms with Crippen LogP contribution in [0, 0.1) is 0 Å². The number of aromatic nitrogens is 2. The molecule has 0 amide bonds. The van der Waals surface area contributed by atoms with E-state index in [4.69, 9.17) is 9.26 Å². The largest absolute Gasteiger partial charge is 0.488 e. The van der Waals surface area contributed by atoms with Gasteiger partial charge in [0.15, 0.2) is 0 Å². The number of benzene rings is 2. The maximum Gasteiger partial charge on any atom is 0.419 e. The van der Waals surface area contributed by atoms with Crippen molar-refractivity contribution in [2.45, 2.75) is 37.7 Å². The van der Waals surface area contributed by atoms with Crippen molar-refractivity contribution in [3.63, 3.8) is 0 Å². The van der Waals surface area contributed by atoms with Crippen LogP contribution in [0.3, 0.4) is 0 Å². The fourth-order valence-corrected chi connectivity index (χ4v) is 3.55. The summed E-state index contributed by atoms with van der Waals surface area (Å²) >= 11 is 0. The highest BCUT2D eigenvalue weighted by Crippen LogP contribution is 2.39. The van der Waals surface area contributed by atoms with E-state index in [1.807, 2.05) is 0 Å². The Hall–Kier alpha value is -2.79. The van der Waals surface area contributed by atoms with E-state index in [9.17, 15) is 26.3 Å². The molecule has 1 saturated heterocycles. The van der Waals surface area contributed by atoms with Gasteiger partial charge in [-0.1, -0.05) is 17.3 Å². The maximum absolute atomic E-state index is 13.7. The number of piperidine rings is 1. The zero-order valence-corrected chi connectivity index (χ0v) is 18.4. The average molecular weight is 508 g/mol. The summed E-state index contributed by atoms with van der Waals surface area (Å²) in [4.78, 5) is 4.26. The molecule has 184 valence electrons. The smallest absolute Gasteiger partial charge is 0.419 e. The maximum atomic E-state index is 13.7. The van der Waals surface area contributed by atoms with Crippen LogP contribution in [0.1, 0.15) is 41.3 Å². The predicted molar refractivity (Wildman–Crippen MR) is 113 cm³/mol. The molecule has 1 fully saturated rings. The average Bonchev–Trinajstić information content (AvgIpc) is 3.28. The Balaban J connectivity index is 0.00000324. The van der Waals surface area contributed by atoms with Gasteiger partial charge in [0.25, 0.3) is 0 Å². The van der Waals surface area contributed by atoms with Crippen molar-refractivity contribution < 1.29 is 35.6 Å². The summed E-state index contributed by atoms with van der Waals surface area (Å²) in [7, 11) is 0. The fraction of sp³-hybridized carbons (Fsp3) is 0.364. The number of rotatable bonds is 5. The van der Waals surface area contributed by atoms with Gasteiger partial charge in [0.05, 0.1) is 17.0 Å². The van der Waals surface area contributed by atoms with E-state index in [-0.39, 0.29) is 36.3 Å². The van der Waals surface area contributed by atoms with Crippen molar-refractivity contribution in [1.82, 2.24) is 15.5 Å². The third kappa shape index (κ3) is 6.01. The van der Waals surface area contributed by atoms with E-state index in [0.717, 1.165) is 55.8 Å². The topological polar surface area (TPSA) is 60.2 Å². The molecule has 1 N–H and O–H groups in total. The van der Waals surface area contributed by atoms with Crippen LogP contribution in [-0.4, -0.2) is 23.2 Å². The summed E-state index contributed by atoms with van der Waals surface area (Å²) in [6.07, 6.45) is -7.45. The van der Waals surface area contributed by atoms with E-state index < -0.39 is 29.2 Å². The number of hydrogen-bond donors (Lipinski definition) is 1. The number of hydrogen-bond acceptors (Lipinski definition) is 5. The second-order valence-electron chi connectivity index (χ2n) is 7.69. The van der Waals surface area contributed by atoms with Gasteiger partial charge in [-0.25, -0.2) is 0 Å². The molecule has 1 aliphatic heterocycles. The lowest BCUT2D eigenvalue weighted by molar-refractivity contribution is -0.139. The first-order valence-electron chi connectivity index (χ1n) is 10.2. The SMILES string of the molecule is Cl.FC(F)(F)c1ccc(COc2ccc(-c3noc([C@@H]4CCCNC4)n3)cc2C(F)(F)F)cc1. The molecule has 1 aromatic heterocycles. The first-order chi connectivity index (χ1) is 15.6. The van der Waals surface area contributed by atoms with Crippen molar-refractivity contribution >= 4 is 12.4 Å². The van der Waals surface area contributed by atoms with Crippen LogP contribution >= 0.6 is 12.4 Å². The summed E-state index contributed by atoms with van der Waals surface area (Å²) in [6, 6.07) is 7.41. The number of alkyl halides is 6. The molecule has 34 heavy (non-hydrogen) atoms. The summed E-state index contributed by atoms with van der Waals surface area (Å²) in [5, 5.41) is 7.03. The normalized spacial score (nSPS) is 16.7. The Morgan fingerprint density at radius 2 is 1.74 bits per heavy atom. The van der Waals surface area contributed by atoms with Gasteiger partial charge >= 0.3 is 12.4 Å². The minimum atomic E-state index is -4.73. The van der Waals surface area contributed by atoms with Crippen LogP contribution < -0.4 is 10.1 Å². The highest BCUT2D eigenvalue weighted by molar-refractivity contribution is 5.85. The van der Waals surface area contributed by atoms with Gasteiger partial charge in [-0.3, -0.25) is 0 Å². The Bertz CT molecular complexity index is 1090.